The van der Waals surface area contributed by atoms with Gasteiger partial charge in [-0.15, -0.1) is 0 Å². The quantitative estimate of drug-likeness (QED) is 0.433. The Morgan fingerprint density at radius 3 is 2.32 bits per heavy atom. The SMILES string of the molecule is CCOC(=O)CCCCCSCC(=O)N(CC)CC. The van der Waals surface area contributed by atoms with Crippen LogP contribution < -0.4 is 0 Å². The zero-order valence-electron chi connectivity index (χ0n) is 12.4. The Morgan fingerprint density at radius 2 is 1.74 bits per heavy atom. The molecule has 0 unspecified atom stereocenters. The number of ether oxygens (including phenoxy) is 1. The van der Waals surface area contributed by atoms with E-state index in [-0.39, 0.29) is 11.9 Å². The Morgan fingerprint density at radius 1 is 1.05 bits per heavy atom. The van der Waals surface area contributed by atoms with E-state index in [1.54, 1.807) is 11.8 Å². The maximum atomic E-state index is 11.7. The van der Waals surface area contributed by atoms with Crippen molar-refractivity contribution in [2.45, 2.75) is 46.5 Å². The number of carbonyl (C=O) groups excluding carboxylic acids is 2. The summed E-state index contributed by atoms with van der Waals surface area (Å²) in [6, 6.07) is 0. The lowest BCUT2D eigenvalue weighted by atomic mass is 10.2. The first-order valence-electron chi connectivity index (χ1n) is 7.16. The summed E-state index contributed by atoms with van der Waals surface area (Å²) in [7, 11) is 0. The minimum atomic E-state index is -0.105. The highest BCUT2D eigenvalue weighted by molar-refractivity contribution is 7.99. The van der Waals surface area contributed by atoms with Crippen molar-refractivity contribution in [3.8, 4) is 0 Å². The second kappa shape index (κ2) is 12.3. The molecule has 0 aliphatic carbocycles. The lowest BCUT2D eigenvalue weighted by molar-refractivity contribution is -0.143. The van der Waals surface area contributed by atoms with Crippen molar-refractivity contribution in [2.24, 2.45) is 0 Å². The van der Waals surface area contributed by atoms with Gasteiger partial charge in [-0.25, -0.2) is 0 Å². The van der Waals surface area contributed by atoms with Crippen molar-refractivity contribution < 1.29 is 14.3 Å². The molecule has 0 spiro atoms. The number of rotatable bonds is 11. The van der Waals surface area contributed by atoms with Gasteiger partial charge in [-0.3, -0.25) is 9.59 Å². The van der Waals surface area contributed by atoms with Crippen molar-refractivity contribution in [3.63, 3.8) is 0 Å². The van der Waals surface area contributed by atoms with Crippen LogP contribution in [0.3, 0.4) is 0 Å². The predicted molar refractivity (Wildman–Crippen MR) is 80.4 cm³/mol. The molecule has 0 saturated heterocycles. The standard InChI is InChI=1S/C14H27NO3S/c1-4-15(5-2)13(16)12-19-11-9-7-8-10-14(17)18-6-3/h4-12H2,1-3H3. The first-order valence-corrected chi connectivity index (χ1v) is 8.32. The van der Waals surface area contributed by atoms with Gasteiger partial charge in [-0.2, -0.15) is 11.8 Å². The molecule has 0 aromatic rings. The zero-order valence-corrected chi connectivity index (χ0v) is 13.3. The highest BCUT2D eigenvalue weighted by atomic mass is 32.2. The van der Waals surface area contributed by atoms with Gasteiger partial charge in [0.2, 0.25) is 5.91 Å². The van der Waals surface area contributed by atoms with E-state index in [1.165, 1.54) is 0 Å². The van der Waals surface area contributed by atoms with Gasteiger partial charge in [0, 0.05) is 19.5 Å². The summed E-state index contributed by atoms with van der Waals surface area (Å²) >= 11 is 1.68. The third-order valence-corrected chi connectivity index (χ3v) is 3.85. The first-order chi connectivity index (χ1) is 9.15. The highest BCUT2D eigenvalue weighted by Crippen LogP contribution is 2.09. The maximum absolute atomic E-state index is 11.7. The molecule has 112 valence electrons. The van der Waals surface area contributed by atoms with Crippen LogP contribution in [0.25, 0.3) is 0 Å². The number of carbonyl (C=O) groups is 2. The van der Waals surface area contributed by atoms with Crippen LogP contribution in [-0.4, -0.2) is 48.0 Å². The third kappa shape index (κ3) is 9.82. The van der Waals surface area contributed by atoms with Crippen LogP contribution in [0.15, 0.2) is 0 Å². The lowest BCUT2D eigenvalue weighted by Gasteiger charge is -2.18. The van der Waals surface area contributed by atoms with Crippen molar-refractivity contribution in [1.29, 1.82) is 0 Å². The summed E-state index contributed by atoms with van der Waals surface area (Å²) in [5.41, 5.74) is 0. The molecule has 0 saturated carbocycles. The maximum Gasteiger partial charge on any atom is 0.305 e. The Hall–Kier alpha value is -0.710. The Bertz CT molecular complexity index is 255. The van der Waals surface area contributed by atoms with Gasteiger partial charge in [-0.1, -0.05) is 6.42 Å². The van der Waals surface area contributed by atoms with Crippen LogP contribution in [0.5, 0.6) is 0 Å². The van der Waals surface area contributed by atoms with Gasteiger partial charge >= 0.3 is 5.97 Å². The minimum absolute atomic E-state index is 0.105. The lowest BCUT2D eigenvalue weighted by Crippen LogP contribution is -2.31. The van der Waals surface area contributed by atoms with Crippen LogP contribution in [0.4, 0.5) is 0 Å². The summed E-state index contributed by atoms with van der Waals surface area (Å²) in [6.45, 7) is 7.86. The monoisotopic (exact) mass is 289 g/mol. The number of esters is 1. The molecule has 0 aromatic heterocycles. The van der Waals surface area contributed by atoms with E-state index in [4.69, 9.17) is 4.74 Å². The van der Waals surface area contributed by atoms with E-state index in [1.807, 2.05) is 25.7 Å². The molecule has 0 aliphatic heterocycles. The summed E-state index contributed by atoms with van der Waals surface area (Å²) in [5, 5.41) is 0. The fourth-order valence-electron chi connectivity index (χ4n) is 1.71. The molecule has 1 amide bonds. The Kier molecular flexibility index (Phi) is 11.9. The third-order valence-electron chi connectivity index (χ3n) is 2.82. The number of hydrogen-bond acceptors (Lipinski definition) is 4. The molecule has 0 aromatic carbocycles. The summed E-state index contributed by atoms with van der Waals surface area (Å²) in [6.07, 6.45) is 3.46. The van der Waals surface area contributed by atoms with Crippen LogP contribution in [0.1, 0.15) is 46.5 Å². The largest absolute Gasteiger partial charge is 0.466 e. The summed E-state index contributed by atoms with van der Waals surface area (Å²) in [5.74, 6) is 1.67. The van der Waals surface area contributed by atoms with E-state index in [0.29, 0.717) is 18.8 Å². The molecule has 0 fully saturated rings. The van der Waals surface area contributed by atoms with Crippen LogP contribution in [-0.2, 0) is 14.3 Å². The second-order valence-electron chi connectivity index (χ2n) is 4.23. The van der Waals surface area contributed by atoms with Crippen molar-refractivity contribution >= 4 is 23.6 Å². The number of unbranched alkanes of at least 4 members (excludes halogenated alkanes) is 2. The second-order valence-corrected chi connectivity index (χ2v) is 5.34. The average molecular weight is 289 g/mol. The van der Waals surface area contributed by atoms with Crippen molar-refractivity contribution in [1.82, 2.24) is 4.90 Å². The van der Waals surface area contributed by atoms with Crippen molar-refractivity contribution in [3.05, 3.63) is 0 Å². The fourth-order valence-corrected chi connectivity index (χ4v) is 2.62. The molecule has 0 atom stereocenters. The van der Waals surface area contributed by atoms with Gasteiger partial charge in [0.1, 0.15) is 0 Å². The number of thioether (sulfide) groups is 1. The number of amides is 1. The molecule has 0 N–H and O–H groups in total. The normalized spacial score (nSPS) is 10.3. The fraction of sp³-hybridized carbons (Fsp3) is 0.857. The van der Waals surface area contributed by atoms with Gasteiger partial charge in [0.25, 0.3) is 0 Å². The molecular formula is C14H27NO3S. The molecule has 0 rings (SSSR count). The Labute approximate surface area is 121 Å². The van der Waals surface area contributed by atoms with E-state index < -0.39 is 0 Å². The smallest absolute Gasteiger partial charge is 0.305 e. The Balaban J connectivity index is 3.40. The van der Waals surface area contributed by atoms with Crippen molar-refractivity contribution in [2.75, 3.05) is 31.2 Å². The molecular weight excluding hydrogens is 262 g/mol. The first kappa shape index (κ1) is 18.3. The molecule has 4 nitrogen and oxygen atoms in total. The highest BCUT2D eigenvalue weighted by Gasteiger charge is 2.08. The van der Waals surface area contributed by atoms with Crippen LogP contribution in [0, 0.1) is 0 Å². The molecule has 0 heterocycles. The number of nitrogens with zero attached hydrogens (tertiary/aromatic N) is 1. The molecule has 5 heteroatoms. The zero-order chi connectivity index (χ0) is 14.5. The van der Waals surface area contributed by atoms with Gasteiger partial charge in [0.15, 0.2) is 0 Å². The van der Waals surface area contributed by atoms with Gasteiger partial charge < -0.3 is 9.64 Å². The molecule has 0 bridgehead atoms. The van der Waals surface area contributed by atoms with E-state index >= 15 is 0 Å². The molecule has 0 aliphatic rings. The predicted octanol–water partition coefficient (Wildman–Crippen LogP) is 2.71. The number of hydrogen-bond donors (Lipinski definition) is 0. The molecule has 19 heavy (non-hydrogen) atoms. The summed E-state index contributed by atoms with van der Waals surface area (Å²) in [4.78, 5) is 24.6. The van der Waals surface area contributed by atoms with E-state index in [9.17, 15) is 9.59 Å². The molecule has 0 radical (unpaired) electrons. The summed E-state index contributed by atoms with van der Waals surface area (Å²) < 4.78 is 4.86. The average Bonchev–Trinajstić information content (AvgIpc) is 2.39. The topological polar surface area (TPSA) is 46.6 Å². The van der Waals surface area contributed by atoms with E-state index in [0.717, 1.165) is 38.1 Å². The minimum Gasteiger partial charge on any atom is -0.466 e. The van der Waals surface area contributed by atoms with E-state index in [2.05, 4.69) is 0 Å². The van der Waals surface area contributed by atoms with Crippen LogP contribution >= 0.6 is 11.8 Å². The van der Waals surface area contributed by atoms with Gasteiger partial charge in [0.05, 0.1) is 12.4 Å². The van der Waals surface area contributed by atoms with Crippen LogP contribution in [0.2, 0.25) is 0 Å². The van der Waals surface area contributed by atoms with Gasteiger partial charge in [-0.05, 0) is 39.4 Å².